The molecule has 0 aromatic carbocycles. The number of carbonyl (C=O) groups is 3. The standard InChI is InChI=1S/C16H30O4.C13H28O4.C8H18O2.C4H8O2/c1-10(2)13(20-15(18)12(5)6)16(7,8)9-19-14(17)11(3)4;1-5-6-7-15-12(3)9-17-13(4)10-16-11(2)8-14;1-6(2)7(10)8(3,4)5-9;1-3(2)4(5)6/h10-13H,9H2,1-8H3;11-14H,5-10H2,1-4H3;6-7,9-10H,5H2,1-4H3;3H,1-2H3,(H,5,6). The van der Waals surface area contributed by atoms with Crippen molar-refractivity contribution in [3.05, 3.63) is 0 Å². The number of aliphatic hydroxyl groups is 3. The van der Waals surface area contributed by atoms with Gasteiger partial charge in [0, 0.05) is 17.4 Å². The van der Waals surface area contributed by atoms with Crippen LogP contribution in [0, 0.1) is 40.4 Å². The third kappa shape index (κ3) is 32.2. The minimum Gasteiger partial charge on any atom is -0.481 e. The second kappa shape index (κ2) is 31.4. The Morgan fingerprint density at radius 1 is 0.623 bits per heavy atom. The minimum atomic E-state index is -0.741. The number of unbranched alkanes of at least 4 members (excludes halogenated alkanes) is 1. The summed E-state index contributed by atoms with van der Waals surface area (Å²) in [7, 11) is 0. The van der Waals surface area contributed by atoms with Crippen LogP contribution in [-0.2, 0) is 38.1 Å². The van der Waals surface area contributed by atoms with Crippen LogP contribution in [0.5, 0.6) is 0 Å². The number of rotatable bonds is 22. The highest BCUT2D eigenvalue weighted by atomic mass is 16.6. The second-order valence-corrected chi connectivity index (χ2v) is 16.8. The molecule has 0 amide bonds. The van der Waals surface area contributed by atoms with E-state index in [0.29, 0.717) is 13.2 Å². The lowest BCUT2D eigenvalue weighted by molar-refractivity contribution is -0.169. The molecule has 5 atom stereocenters. The van der Waals surface area contributed by atoms with E-state index in [1.165, 1.54) is 0 Å². The monoisotopic (exact) mass is 769 g/mol. The van der Waals surface area contributed by atoms with E-state index < -0.39 is 17.5 Å². The molecular weight excluding hydrogens is 684 g/mol. The molecule has 0 fully saturated rings. The third-order valence-electron chi connectivity index (χ3n) is 7.87. The molecule has 0 bridgehead atoms. The number of carboxylic acids is 1. The zero-order valence-electron chi connectivity index (χ0n) is 37.0. The lowest BCUT2D eigenvalue weighted by atomic mass is 9.81. The summed E-state index contributed by atoms with van der Waals surface area (Å²) < 4.78 is 27.5. The molecule has 0 saturated carbocycles. The zero-order valence-corrected chi connectivity index (χ0v) is 37.0. The van der Waals surface area contributed by atoms with Crippen LogP contribution in [0.4, 0.5) is 0 Å². The molecule has 0 aliphatic heterocycles. The average Bonchev–Trinajstić information content (AvgIpc) is 3.07. The van der Waals surface area contributed by atoms with Gasteiger partial charge in [0.05, 0.1) is 75.2 Å². The fraction of sp³-hybridized carbons (Fsp3) is 0.927. The van der Waals surface area contributed by atoms with Gasteiger partial charge in [-0.1, -0.05) is 110 Å². The normalized spacial score (nSPS) is 14.6. The van der Waals surface area contributed by atoms with E-state index >= 15 is 0 Å². The van der Waals surface area contributed by atoms with Crippen molar-refractivity contribution in [2.24, 2.45) is 40.4 Å². The van der Waals surface area contributed by atoms with Gasteiger partial charge >= 0.3 is 17.9 Å². The Morgan fingerprint density at radius 3 is 1.38 bits per heavy atom. The molecule has 4 N–H and O–H groups in total. The highest BCUT2D eigenvalue weighted by molar-refractivity contribution is 5.72. The molecule has 0 aromatic rings. The molecule has 0 rings (SSSR count). The van der Waals surface area contributed by atoms with Crippen molar-refractivity contribution in [1.29, 1.82) is 0 Å². The van der Waals surface area contributed by atoms with Gasteiger partial charge in [-0.2, -0.15) is 0 Å². The maximum atomic E-state index is 11.8. The Kier molecular flexibility index (Phi) is 34.3. The topological polar surface area (TPSA) is 178 Å². The number of esters is 2. The van der Waals surface area contributed by atoms with Gasteiger partial charge in [-0.3, -0.25) is 14.4 Å². The minimum absolute atomic E-state index is 0.0289. The summed E-state index contributed by atoms with van der Waals surface area (Å²) >= 11 is 0. The van der Waals surface area contributed by atoms with E-state index in [1.54, 1.807) is 27.7 Å². The summed E-state index contributed by atoms with van der Waals surface area (Å²) in [6.07, 6.45) is 1.57. The van der Waals surface area contributed by atoms with Crippen LogP contribution in [0.25, 0.3) is 0 Å². The van der Waals surface area contributed by atoms with Crippen LogP contribution in [0.2, 0.25) is 0 Å². The predicted octanol–water partition coefficient (Wildman–Crippen LogP) is 7.18. The summed E-state index contributed by atoms with van der Waals surface area (Å²) in [6, 6.07) is 0. The van der Waals surface area contributed by atoms with Gasteiger partial charge in [-0.25, -0.2) is 0 Å². The summed E-state index contributed by atoms with van der Waals surface area (Å²) in [5.41, 5.74) is -0.780. The second-order valence-electron chi connectivity index (χ2n) is 16.8. The van der Waals surface area contributed by atoms with Crippen LogP contribution < -0.4 is 0 Å². The Morgan fingerprint density at radius 2 is 1.06 bits per heavy atom. The van der Waals surface area contributed by atoms with Gasteiger partial charge < -0.3 is 44.1 Å². The SMILES string of the molecule is CC(C)C(=O)O.CC(C)C(=O)OCC(C)(C)C(OC(=O)C(C)C)C(C)C.CC(C)C(O)C(C)(C)CO.CCCCOC(C)COC(C)COC(C)CO. The first-order chi connectivity index (χ1) is 24.1. The smallest absolute Gasteiger partial charge is 0.308 e. The van der Waals surface area contributed by atoms with Crippen molar-refractivity contribution in [1.82, 2.24) is 0 Å². The molecule has 12 nitrogen and oxygen atoms in total. The largest absolute Gasteiger partial charge is 0.481 e. The summed E-state index contributed by atoms with van der Waals surface area (Å²) in [5, 5.41) is 35.1. The number of hydrogen-bond donors (Lipinski definition) is 4. The van der Waals surface area contributed by atoms with Gasteiger partial charge in [-0.05, 0) is 39.0 Å². The molecule has 53 heavy (non-hydrogen) atoms. The van der Waals surface area contributed by atoms with E-state index in [9.17, 15) is 19.5 Å². The molecule has 12 heteroatoms. The lowest BCUT2D eigenvalue weighted by Gasteiger charge is -2.36. The number of carboxylic acid groups (broad SMARTS) is 1. The molecular formula is C41H84O12. The van der Waals surface area contributed by atoms with Gasteiger partial charge in [0.2, 0.25) is 0 Å². The number of hydrogen-bond acceptors (Lipinski definition) is 11. The van der Waals surface area contributed by atoms with E-state index in [4.69, 9.17) is 39.0 Å². The van der Waals surface area contributed by atoms with Crippen LogP contribution in [0.15, 0.2) is 0 Å². The number of ether oxygens (including phenoxy) is 5. The average molecular weight is 769 g/mol. The molecule has 0 aliphatic carbocycles. The van der Waals surface area contributed by atoms with Crippen molar-refractivity contribution in [3.63, 3.8) is 0 Å². The summed E-state index contributed by atoms with van der Waals surface area (Å²) in [4.78, 5) is 33.1. The predicted molar refractivity (Wildman–Crippen MR) is 212 cm³/mol. The van der Waals surface area contributed by atoms with Crippen LogP contribution in [0.1, 0.15) is 137 Å². The Labute approximate surface area is 324 Å². The van der Waals surface area contributed by atoms with Crippen LogP contribution >= 0.6 is 0 Å². The fourth-order valence-corrected chi connectivity index (χ4v) is 4.14. The van der Waals surface area contributed by atoms with Crippen LogP contribution in [0.3, 0.4) is 0 Å². The molecule has 0 radical (unpaired) electrons. The van der Waals surface area contributed by atoms with E-state index in [2.05, 4.69) is 6.92 Å². The quantitative estimate of drug-likeness (QED) is 0.0645. The maximum Gasteiger partial charge on any atom is 0.308 e. The van der Waals surface area contributed by atoms with Gasteiger partial charge in [-0.15, -0.1) is 0 Å². The third-order valence-corrected chi connectivity index (χ3v) is 7.87. The Bertz CT molecular complexity index is 915. The molecule has 5 unspecified atom stereocenters. The van der Waals surface area contributed by atoms with Gasteiger partial charge in [0.1, 0.15) is 6.10 Å². The summed E-state index contributed by atoms with van der Waals surface area (Å²) in [6.45, 7) is 36.2. The van der Waals surface area contributed by atoms with Gasteiger partial charge in [0.25, 0.3) is 0 Å². The summed E-state index contributed by atoms with van der Waals surface area (Å²) in [5.74, 6) is -1.36. The molecule has 0 spiro atoms. The van der Waals surface area contributed by atoms with Crippen molar-refractivity contribution in [2.45, 2.75) is 168 Å². The molecule has 0 heterocycles. The fourth-order valence-electron chi connectivity index (χ4n) is 4.14. The first kappa shape index (κ1) is 57.9. The van der Waals surface area contributed by atoms with Crippen molar-refractivity contribution in [2.75, 3.05) is 39.6 Å². The molecule has 0 aromatic heterocycles. The zero-order chi connectivity index (χ0) is 42.7. The number of aliphatic carboxylic acids is 1. The van der Waals surface area contributed by atoms with Crippen molar-refractivity contribution < 1.29 is 58.5 Å². The van der Waals surface area contributed by atoms with E-state index in [0.717, 1.165) is 19.4 Å². The van der Waals surface area contributed by atoms with E-state index in [1.807, 2.05) is 90.0 Å². The first-order valence-corrected chi connectivity index (χ1v) is 19.5. The van der Waals surface area contributed by atoms with Crippen molar-refractivity contribution in [3.8, 4) is 0 Å². The number of carbonyl (C=O) groups excluding carboxylic acids is 2. The van der Waals surface area contributed by atoms with Crippen LogP contribution in [-0.4, -0.2) is 108 Å². The Balaban J connectivity index is -0.000000327. The molecule has 320 valence electrons. The number of aliphatic hydroxyl groups excluding tert-OH is 3. The maximum absolute atomic E-state index is 11.8. The van der Waals surface area contributed by atoms with Crippen molar-refractivity contribution >= 4 is 17.9 Å². The highest BCUT2D eigenvalue weighted by Crippen LogP contribution is 2.30. The molecule has 0 saturated heterocycles. The van der Waals surface area contributed by atoms with Gasteiger partial charge in [0.15, 0.2) is 0 Å². The van der Waals surface area contributed by atoms with E-state index in [-0.39, 0.29) is 91.2 Å². The first-order valence-electron chi connectivity index (χ1n) is 19.5. The Hall–Kier alpha value is -1.83. The lowest BCUT2D eigenvalue weighted by Crippen LogP contribution is -2.42. The molecule has 0 aliphatic rings. The highest BCUT2D eigenvalue weighted by Gasteiger charge is 2.37.